The molecule has 1 aromatic rings. The van der Waals surface area contributed by atoms with Crippen LogP contribution in [-0.2, 0) is 4.74 Å². The zero-order chi connectivity index (χ0) is 16.2. The summed E-state index contributed by atoms with van der Waals surface area (Å²) in [4.78, 5) is 25.8. The summed E-state index contributed by atoms with van der Waals surface area (Å²) < 4.78 is 5.41. The Labute approximate surface area is 135 Å². The molecule has 1 aromatic heterocycles. The van der Waals surface area contributed by atoms with Gasteiger partial charge in [0.25, 0.3) is 5.91 Å². The number of ether oxygens (including phenoxy) is 1. The number of rotatable bonds is 3. The van der Waals surface area contributed by atoms with E-state index in [1.54, 1.807) is 4.90 Å². The molecule has 2 rings (SSSR count). The summed E-state index contributed by atoms with van der Waals surface area (Å²) in [5, 5.41) is 6.68. The van der Waals surface area contributed by atoms with Crippen molar-refractivity contribution in [3.05, 3.63) is 22.4 Å². The van der Waals surface area contributed by atoms with Gasteiger partial charge in [-0.05, 0) is 51.0 Å². The number of piperidine rings is 1. The van der Waals surface area contributed by atoms with E-state index in [4.69, 9.17) is 4.74 Å². The normalized spacial score (nSPS) is 18.9. The first kappa shape index (κ1) is 16.8. The van der Waals surface area contributed by atoms with Gasteiger partial charge in [-0.1, -0.05) is 0 Å². The van der Waals surface area contributed by atoms with Crippen LogP contribution in [0, 0.1) is 5.92 Å². The molecule has 5 nitrogen and oxygen atoms in total. The van der Waals surface area contributed by atoms with Gasteiger partial charge in [0.1, 0.15) is 5.60 Å². The molecule has 0 saturated carbocycles. The molecule has 22 heavy (non-hydrogen) atoms. The van der Waals surface area contributed by atoms with E-state index in [0.29, 0.717) is 18.7 Å². The van der Waals surface area contributed by atoms with Crippen molar-refractivity contribution in [2.45, 2.75) is 39.2 Å². The van der Waals surface area contributed by atoms with E-state index in [9.17, 15) is 9.59 Å². The van der Waals surface area contributed by atoms with Gasteiger partial charge < -0.3 is 15.0 Å². The minimum Gasteiger partial charge on any atom is -0.444 e. The molecule has 0 unspecified atom stereocenters. The summed E-state index contributed by atoms with van der Waals surface area (Å²) in [7, 11) is 0. The van der Waals surface area contributed by atoms with Gasteiger partial charge in [0, 0.05) is 30.6 Å². The van der Waals surface area contributed by atoms with Crippen LogP contribution < -0.4 is 5.32 Å². The van der Waals surface area contributed by atoms with Crippen LogP contribution in [0.1, 0.15) is 44.0 Å². The molecule has 2 heterocycles. The first-order chi connectivity index (χ1) is 10.3. The van der Waals surface area contributed by atoms with E-state index in [2.05, 4.69) is 5.32 Å². The van der Waals surface area contributed by atoms with Crippen LogP contribution in [-0.4, -0.2) is 42.1 Å². The fourth-order valence-electron chi connectivity index (χ4n) is 2.46. The summed E-state index contributed by atoms with van der Waals surface area (Å²) >= 11 is 1.51. The van der Waals surface area contributed by atoms with Crippen LogP contribution in [0.2, 0.25) is 0 Å². The van der Waals surface area contributed by atoms with Gasteiger partial charge >= 0.3 is 6.09 Å². The largest absolute Gasteiger partial charge is 0.444 e. The van der Waals surface area contributed by atoms with E-state index in [1.807, 2.05) is 37.6 Å². The van der Waals surface area contributed by atoms with E-state index >= 15 is 0 Å². The second kappa shape index (κ2) is 7.13. The third-order valence-electron chi connectivity index (χ3n) is 3.51. The molecule has 1 N–H and O–H groups in total. The van der Waals surface area contributed by atoms with Gasteiger partial charge in [-0.15, -0.1) is 0 Å². The molecule has 1 atom stereocenters. The number of likely N-dealkylation sites (tertiary alicyclic amines) is 1. The van der Waals surface area contributed by atoms with Crippen LogP contribution in [0.4, 0.5) is 4.79 Å². The number of hydrogen-bond acceptors (Lipinski definition) is 4. The predicted molar refractivity (Wildman–Crippen MR) is 87.2 cm³/mol. The quantitative estimate of drug-likeness (QED) is 0.929. The monoisotopic (exact) mass is 324 g/mol. The van der Waals surface area contributed by atoms with Crippen molar-refractivity contribution < 1.29 is 14.3 Å². The van der Waals surface area contributed by atoms with Gasteiger partial charge in [0.15, 0.2) is 0 Å². The summed E-state index contributed by atoms with van der Waals surface area (Å²) in [6.07, 6.45) is 1.70. The van der Waals surface area contributed by atoms with Crippen LogP contribution in [0.25, 0.3) is 0 Å². The number of amides is 2. The van der Waals surface area contributed by atoms with Gasteiger partial charge in [-0.2, -0.15) is 11.3 Å². The lowest BCUT2D eigenvalue weighted by atomic mass is 9.98. The van der Waals surface area contributed by atoms with E-state index in [0.717, 1.165) is 19.4 Å². The van der Waals surface area contributed by atoms with Gasteiger partial charge in [0.2, 0.25) is 0 Å². The smallest absolute Gasteiger partial charge is 0.410 e. The Balaban J connectivity index is 1.80. The standard InChI is InChI=1S/C16H24N2O3S/c1-16(2,3)21-15(20)18-7-4-5-12(10-18)9-17-14(19)13-6-8-22-11-13/h6,8,11-12H,4-5,7,9-10H2,1-3H3,(H,17,19)/t12-/m0/s1. The van der Waals surface area contributed by atoms with Gasteiger partial charge in [0.05, 0.1) is 0 Å². The molecule has 0 radical (unpaired) electrons. The van der Waals surface area contributed by atoms with Crippen LogP contribution in [0.15, 0.2) is 16.8 Å². The second-order valence-electron chi connectivity index (χ2n) is 6.66. The van der Waals surface area contributed by atoms with Crippen molar-refractivity contribution in [3.8, 4) is 0 Å². The van der Waals surface area contributed by atoms with Crippen molar-refractivity contribution >= 4 is 23.3 Å². The molecule has 2 amide bonds. The average molecular weight is 324 g/mol. The topological polar surface area (TPSA) is 58.6 Å². The maximum absolute atomic E-state index is 12.1. The Kier molecular flexibility index (Phi) is 5.45. The zero-order valence-electron chi connectivity index (χ0n) is 13.4. The first-order valence-corrected chi connectivity index (χ1v) is 8.58. The summed E-state index contributed by atoms with van der Waals surface area (Å²) in [5.74, 6) is 0.236. The predicted octanol–water partition coefficient (Wildman–Crippen LogP) is 3.13. The molecule has 1 saturated heterocycles. The highest BCUT2D eigenvalue weighted by Gasteiger charge is 2.27. The molecule has 1 aliphatic heterocycles. The lowest BCUT2D eigenvalue weighted by Crippen LogP contribution is -2.45. The SMILES string of the molecule is CC(C)(C)OC(=O)N1CCC[C@@H](CNC(=O)c2ccsc2)C1. The van der Waals surface area contributed by atoms with Crippen molar-refractivity contribution in [1.82, 2.24) is 10.2 Å². The Hall–Kier alpha value is -1.56. The third-order valence-corrected chi connectivity index (χ3v) is 4.19. The van der Waals surface area contributed by atoms with Crippen LogP contribution in [0.3, 0.4) is 0 Å². The zero-order valence-corrected chi connectivity index (χ0v) is 14.2. The van der Waals surface area contributed by atoms with Crippen LogP contribution in [0.5, 0.6) is 0 Å². The third kappa shape index (κ3) is 5.02. The maximum atomic E-state index is 12.1. The van der Waals surface area contributed by atoms with Crippen LogP contribution >= 0.6 is 11.3 Å². The van der Waals surface area contributed by atoms with Crippen molar-refractivity contribution in [2.75, 3.05) is 19.6 Å². The number of nitrogens with zero attached hydrogens (tertiary/aromatic N) is 1. The Morgan fingerprint density at radius 1 is 1.45 bits per heavy atom. The minimum absolute atomic E-state index is 0.0457. The highest BCUT2D eigenvalue weighted by atomic mass is 32.1. The average Bonchev–Trinajstić information content (AvgIpc) is 2.97. The molecule has 122 valence electrons. The molecule has 0 aromatic carbocycles. The molecule has 0 aliphatic carbocycles. The molecule has 1 aliphatic rings. The number of thiophene rings is 1. The lowest BCUT2D eigenvalue weighted by molar-refractivity contribution is 0.0167. The number of carbonyl (C=O) groups is 2. The fraction of sp³-hybridized carbons (Fsp3) is 0.625. The summed E-state index contributed by atoms with van der Waals surface area (Å²) in [5.41, 5.74) is 0.224. The van der Waals surface area contributed by atoms with Crippen molar-refractivity contribution in [2.24, 2.45) is 5.92 Å². The van der Waals surface area contributed by atoms with Crippen molar-refractivity contribution in [3.63, 3.8) is 0 Å². The first-order valence-electron chi connectivity index (χ1n) is 7.63. The molecule has 0 bridgehead atoms. The number of carbonyl (C=O) groups excluding carboxylic acids is 2. The Bertz CT molecular complexity index is 508. The lowest BCUT2D eigenvalue weighted by Gasteiger charge is -2.34. The Morgan fingerprint density at radius 3 is 2.86 bits per heavy atom. The fourth-order valence-corrected chi connectivity index (χ4v) is 3.09. The van der Waals surface area contributed by atoms with E-state index in [1.165, 1.54) is 11.3 Å². The van der Waals surface area contributed by atoms with Gasteiger partial charge in [-0.25, -0.2) is 4.79 Å². The minimum atomic E-state index is -0.475. The second-order valence-corrected chi connectivity index (χ2v) is 7.44. The number of nitrogens with one attached hydrogen (secondary N) is 1. The highest BCUT2D eigenvalue weighted by molar-refractivity contribution is 7.08. The maximum Gasteiger partial charge on any atom is 0.410 e. The van der Waals surface area contributed by atoms with Gasteiger partial charge in [-0.3, -0.25) is 4.79 Å². The Morgan fingerprint density at radius 2 is 2.23 bits per heavy atom. The molecule has 1 fully saturated rings. The summed E-state index contributed by atoms with van der Waals surface area (Å²) in [6, 6.07) is 1.81. The summed E-state index contributed by atoms with van der Waals surface area (Å²) in [6.45, 7) is 7.56. The van der Waals surface area contributed by atoms with E-state index < -0.39 is 5.60 Å². The van der Waals surface area contributed by atoms with Crippen molar-refractivity contribution in [1.29, 1.82) is 0 Å². The molecule has 0 spiro atoms. The number of hydrogen-bond donors (Lipinski definition) is 1. The van der Waals surface area contributed by atoms with E-state index in [-0.39, 0.29) is 17.9 Å². The molecule has 6 heteroatoms. The highest BCUT2D eigenvalue weighted by Crippen LogP contribution is 2.19. The molecular formula is C16H24N2O3S. The molecular weight excluding hydrogens is 300 g/mol.